The van der Waals surface area contributed by atoms with Gasteiger partial charge in [-0.25, -0.2) is 8.78 Å². The van der Waals surface area contributed by atoms with Crippen molar-refractivity contribution in [1.29, 1.82) is 0 Å². The fourth-order valence-corrected chi connectivity index (χ4v) is 1.32. The highest BCUT2D eigenvalue weighted by molar-refractivity contribution is 5.74. The van der Waals surface area contributed by atoms with Gasteiger partial charge >= 0.3 is 5.97 Å². The van der Waals surface area contributed by atoms with Crippen LogP contribution in [0.1, 0.15) is 19.4 Å². The number of aromatic hydroxyl groups is 1. The van der Waals surface area contributed by atoms with E-state index in [1.54, 1.807) is 0 Å². The molecular formula is C11H11F3O3. The van der Waals surface area contributed by atoms with Crippen LogP contribution in [0.5, 0.6) is 5.75 Å². The molecule has 0 saturated heterocycles. The third-order valence-corrected chi connectivity index (χ3v) is 2.43. The molecule has 1 rings (SSSR count). The second-order valence-corrected chi connectivity index (χ2v) is 4.36. The van der Waals surface area contributed by atoms with Crippen LogP contribution in [0.3, 0.4) is 0 Å². The topological polar surface area (TPSA) is 57.5 Å². The van der Waals surface area contributed by atoms with Gasteiger partial charge in [0, 0.05) is 5.56 Å². The SMILES string of the molecule is CC(C)(Cc1cc(F)c(F)c(F)c1O)C(=O)O. The van der Waals surface area contributed by atoms with Crippen molar-refractivity contribution >= 4 is 5.97 Å². The first-order valence-corrected chi connectivity index (χ1v) is 4.75. The van der Waals surface area contributed by atoms with Crippen LogP contribution in [0.2, 0.25) is 0 Å². The Labute approximate surface area is 95.5 Å². The zero-order valence-corrected chi connectivity index (χ0v) is 9.22. The molecule has 17 heavy (non-hydrogen) atoms. The number of aliphatic carboxylic acids is 1. The molecule has 3 nitrogen and oxygen atoms in total. The van der Waals surface area contributed by atoms with E-state index in [2.05, 4.69) is 0 Å². The van der Waals surface area contributed by atoms with Crippen molar-refractivity contribution in [2.45, 2.75) is 20.3 Å². The summed E-state index contributed by atoms with van der Waals surface area (Å²) in [5, 5.41) is 18.1. The first-order valence-electron chi connectivity index (χ1n) is 4.75. The Bertz CT molecular complexity index is 470. The maximum atomic E-state index is 13.0. The average Bonchev–Trinajstić information content (AvgIpc) is 2.22. The van der Waals surface area contributed by atoms with Crippen molar-refractivity contribution in [3.05, 3.63) is 29.1 Å². The number of phenols is 1. The molecular weight excluding hydrogens is 237 g/mol. The molecule has 0 bridgehead atoms. The van der Waals surface area contributed by atoms with Crippen molar-refractivity contribution in [2.75, 3.05) is 0 Å². The van der Waals surface area contributed by atoms with E-state index >= 15 is 0 Å². The summed E-state index contributed by atoms with van der Waals surface area (Å²) in [6, 6.07) is 0.596. The highest BCUT2D eigenvalue weighted by Gasteiger charge is 2.30. The van der Waals surface area contributed by atoms with Crippen LogP contribution in [-0.4, -0.2) is 16.2 Å². The number of hydrogen-bond acceptors (Lipinski definition) is 2. The van der Waals surface area contributed by atoms with Gasteiger partial charge in [-0.2, -0.15) is 4.39 Å². The van der Waals surface area contributed by atoms with E-state index in [-0.39, 0.29) is 12.0 Å². The monoisotopic (exact) mass is 248 g/mol. The number of phenolic OH excluding ortho intramolecular Hbond substituents is 1. The molecule has 6 heteroatoms. The minimum Gasteiger partial charge on any atom is -0.505 e. The number of carboxylic acid groups (broad SMARTS) is 1. The van der Waals surface area contributed by atoms with Crippen LogP contribution >= 0.6 is 0 Å². The molecule has 0 atom stereocenters. The van der Waals surface area contributed by atoms with Crippen molar-refractivity contribution in [2.24, 2.45) is 5.41 Å². The molecule has 1 aromatic rings. The predicted octanol–water partition coefficient (Wildman–Crippen LogP) is 2.46. The zero-order chi connectivity index (χ0) is 13.4. The Morgan fingerprint density at radius 2 is 1.82 bits per heavy atom. The molecule has 94 valence electrons. The standard InChI is InChI=1S/C11H11F3O3/c1-11(2,10(16)17)4-5-3-6(12)7(13)8(14)9(5)15/h3,15H,4H2,1-2H3,(H,16,17). The van der Waals surface area contributed by atoms with Crippen LogP contribution in [0.15, 0.2) is 6.07 Å². The van der Waals surface area contributed by atoms with E-state index in [4.69, 9.17) is 5.11 Å². The molecule has 0 aliphatic heterocycles. The number of halogens is 3. The first kappa shape index (κ1) is 13.3. The number of carbonyl (C=O) groups is 1. The van der Waals surface area contributed by atoms with Gasteiger partial charge in [-0.1, -0.05) is 0 Å². The number of rotatable bonds is 3. The average molecular weight is 248 g/mol. The second kappa shape index (κ2) is 4.27. The van der Waals surface area contributed by atoms with E-state index in [1.807, 2.05) is 0 Å². The lowest BCUT2D eigenvalue weighted by Gasteiger charge is -2.19. The normalized spacial score (nSPS) is 11.6. The number of hydrogen-bond donors (Lipinski definition) is 2. The van der Waals surface area contributed by atoms with E-state index in [0.717, 1.165) is 0 Å². The van der Waals surface area contributed by atoms with Gasteiger partial charge in [0.2, 0.25) is 5.82 Å². The molecule has 0 aromatic heterocycles. The van der Waals surface area contributed by atoms with Crippen molar-refractivity contribution < 1.29 is 28.2 Å². The van der Waals surface area contributed by atoms with Gasteiger partial charge in [-0.15, -0.1) is 0 Å². The fourth-order valence-electron chi connectivity index (χ4n) is 1.32. The molecule has 0 spiro atoms. The summed E-state index contributed by atoms with van der Waals surface area (Å²) in [7, 11) is 0. The zero-order valence-electron chi connectivity index (χ0n) is 9.22. The van der Waals surface area contributed by atoms with E-state index in [9.17, 15) is 23.1 Å². The molecule has 0 aliphatic rings. The minimum absolute atomic E-state index is 0.284. The lowest BCUT2D eigenvalue weighted by Crippen LogP contribution is -2.26. The molecule has 0 amide bonds. The summed E-state index contributed by atoms with van der Waals surface area (Å²) in [4.78, 5) is 10.8. The summed E-state index contributed by atoms with van der Waals surface area (Å²) in [5.41, 5.74) is -1.61. The van der Waals surface area contributed by atoms with E-state index in [1.165, 1.54) is 13.8 Å². The van der Waals surface area contributed by atoms with Crippen LogP contribution in [0.25, 0.3) is 0 Å². The van der Waals surface area contributed by atoms with Crippen molar-refractivity contribution in [1.82, 2.24) is 0 Å². The van der Waals surface area contributed by atoms with Gasteiger partial charge in [0.05, 0.1) is 5.41 Å². The molecule has 0 unspecified atom stereocenters. The van der Waals surface area contributed by atoms with Gasteiger partial charge in [0.1, 0.15) is 0 Å². The number of carboxylic acids is 1. The lowest BCUT2D eigenvalue weighted by atomic mass is 9.85. The van der Waals surface area contributed by atoms with E-state index in [0.29, 0.717) is 6.07 Å². The molecule has 1 aromatic carbocycles. The van der Waals surface area contributed by atoms with Gasteiger partial charge in [0.15, 0.2) is 17.4 Å². The van der Waals surface area contributed by atoms with Gasteiger partial charge < -0.3 is 10.2 Å². The Kier molecular flexibility index (Phi) is 3.35. The Balaban J connectivity index is 3.21. The second-order valence-electron chi connectivity index (χ2n) is 4.36. The predicted molar refractivity (Wildman–Crippen MR) is 53.1 cm³/mol. The van der Waals surface area contributed by atoms with E-state index < -0.39 is 34.6 Å². The Morgan fingerprint density at radius 1 is 1.29 bits per heavy atom. The smallest absolute Gasteiger partial charge is 0.309 e. The Hall–Kier alpha value is -1.72. The van der Waals surface area contributed by atoms with Crippen LogP contribution < -0.4 is 0 Å². The summed E-state index contributed by atoms with van der Waals surface area (Å²) < 4.78 is 38.7. The summed E-state index contributed by atoms with van der Waals surface area (Å²) in [6.45, 7) is 2.65. The fraction of sp³-hybridized carbons (Fsp3) is 0.364. The molecule has 2 N–H and O–H groups in total. The number of benzene rings is 1. The largest absolute Gasteiger partial charge is 0.505 e. The van der Waals surface area contributed by atoms with Gasteiger partial charge in [0.25, 0.3) is 0 Å². The maximum Gasteiger partial charge on any atom is 0.309 e. The molecule has 0 fully saturated rings. The molecule has 0 aliphatic carbocycles. The lowest BCUT2D eigenvalue weighted by molar-refractivity contribution is -0.146. The van der Waals surface area contributed by atoms with Crippen LogP contribution in [0.4, 0.5) is 13.2 Å². The Morgan fingerprint density at radius 3 is 2.29 bits per heavy atom. The third kappa shape index (κ3) is 2.51. The molecule has 0 saturated carbocycles. The summed E-state index contributed by atoms with van der Waals surface area (Å²) in [5.74, 6) is -7.20. The van der Waals surface area contributed by atoms with Gasteiger partial charge in [-0.05, 0) is 26.3 Å². The van der Waals surface area contributed by atoms with Crippen LogP contribution in [-0.2, 0) is 11.2 Å². The quantitative estimate of drug-likeness (QED) is 0.808. The third-order valence-electron chi connectivity index (χ3n) is 2.43. The van der Waals surface area contributed by atoms with Crippen molar-refractivity contribution in [3.8, 4) is 5.75 Å². The minimum atomic E-state index is -1.78. The van der Waals surface area contributed by atoms with Crippen LogP contribution in [0, 0.1) is 22.9 Å². The van der Waals surface area contributed by atoms with Crippen molar-refractivity contribution in [3.63, 3.8) is 0 Å². The highest BCUT2D eigenvalue weighted by atomic mass is 19.2. The van der Waals surface area contributed by atoms with Gasteiger partial charge in [-0.3, -0.25) is 4.79 Å². The maximum absolute atomic E-state index is 13.0. The first-order chi connectivity index (χ1) is 7.66. The summed E-state index contributed by atoms with van der Waals surface area (Å²) >= 11 is 0. The molecule has 0 heterocycles. The highest BCUT2D eigenvalue weighted by Crippen LogP contribution is 2.31. The summed E-state index contributed by atoms with van der Waals surface area (Å²) in [6.07, 6.45) is -0.317. The molecule has 0 radical (unpaired) electrons.